The smallest absolute Gasteiger partial charge is 0.312 e. The van der Waals surface area contributed by atoms with Crippen molar-refractivity contribution >= 4 is 42.9 Å². The fourth-order valence-corrected chi connectivity index (χ4v) is 3.93. The highest BCUT2D eigenvalue weighted by Gasteiger charge is 2.36. The molecule has 4 nitrogen and oxygen atoms in total. The molecule has 0 radical (unpaired) electrons. The Bertz CT molecular complexity index is 706. The molecule has 0 spiro atoms. The summed E-state index contributed by atoms with van der Waals surface area (Å²) in [4.78, 5) is 13.1. The van der Waals surface area contributed by atoms with Crippen LogP contribution in [0.5, 0.6) is 0 Å². The van der Waals surface area contributed by atoms with Gasteiger partial charge in [0.2, 0.25) is 15.0 Å². The molecule has 122 valence electrons. The Hall–Kier alpha value is -0.990. The van der Waals surface area contributed by atoms with Crippen LogP contribution in [0.1, 0.15) is 12.0 Å². The number of hydrogen-bond acceptors (Lipinski definition) is 3. The molecule has 1 aliphatic rings. The lowest BCUT2D eigenvalue weighted by atomic mass is 10.1. The van der Waals surface area contributed by atoms with Gasteiger partial charge in [-0.25, -0.2) is 8.42 Å². The van der Waals surface area contributed by atoms with Gasteiger partial charge in [-0.1, -0.05) is 11.6 Å². The van der Waals surface area contributed by atoms with Crippen molar-refractivity contribution in [1.82, 2.24) is 0 Å². The predicted molar refractivity (Wildman–Crippen MR) is 76.6 cm³/mol. The van der Waals surface area contributed by atoms with Crippen molar-refractivity contribution in [2.75, 3.05) is 17.2 Å². The summed E-state index contributed by atoms with van der Waals surface area (Å²) in [5, 5.41) is -0.522. The molecule has 1 heterocycles. The third-order valence-electron chi connectivity index (χ3n) is 3.21. The Labute approximate surface area is 134 Å². The molecule has 1 aromatic rings. The second kappa shape index (κ2) is 5.90. The SMILES string of the molecule is O=C1CC(CS(=O)(=O)Cl)CN1c1ccc(C(F)(F)F)c(Cl)c1. The van der Waals surface area contributed by atoms with Gasteiger partial charge in [-0.15, -0.1) is 0 Å². The van der Waals surface area contributed by atoms with E-state index in [2.05, 4.69) is 0 Å². The van der Waals surface area contributed by atoms with Crippen molar-refractivity contribution in [1.29, 1.82) is 0 Å². The lowest BCUT2D eigenvalue weighted by Crippen LogP contribution is -2.25. The number of carbonyl (C=O) groups excluding carboxylic acids is 1. The van der Waals surface area contributed by atoms with Crippen LogP contribution < -0.4 is 4.90 Å². The number of rotatable bonds is 3. The first-order valence-corrected chi connectivity index (χ1v) is 8.92. The molecule has 1 aliphatic heterocycles. The zero-order valence-corrected chi connectivity index (χ0v) is 13.2. The maximum absolute atomic E-state index is 12.6. The van der Waals surface area contributed by atoms with Gasteiger partial charge in [0.25, 0.3) is 0 Å². The number of halogens is 5. The number of benzene rings is 1. The van der Waals surface area contributed by atoms with Crippen LogP contribution in [0.25, 0.3) is 0 Å². The van der Waals surface area contributed by atoms with E-state index >= 15 is 0 Å². The Morgan fingerprint density at radius 2 is 1.95 bits per heavy atom. The summed E-state index contributed by atoms with van der Waals surface area (Å²) in [5.41, 5.74) is -0.804. The maximum Gasteiger partial charge on any atom is 0.417 e. The largest absolute Gasteiger partial charge is 0.417 e. The highest BCUT2D eigenvalue weighted by atomic mass is 35.7. The van der Waals surface area contributed by atoms with Crippen molar-refractivity contribution in [3.63, 3.8) is 0 Å². The molecular weight excluding hydrogens is 366 g/mol. The summed E-state index contributed by atoms with van der Waals surface area (Å²) in [6.07, 6.45) is -4.62. The lowest BCUT2D eigenvalue weighted by molar-refractivity contribution is -0.137. The number of alkyl halides is 3. The van der Waals surface area contributed by atoms with Gasteiger partial charge in [0.15, 0.2) is 0 Å². The minimum atomic E-state index is -4.58. The molecule has 1 fully saturated rings. The van der Waals surface area contributed by atoms with Gasteiger partial charge in [-0.3, -0.25) is 4.79 Å². The predicted octanol–water partition coefficient (Wildman–Crippen LogP) is 3.28. The number of nitrogens with zero attached hydrogens (tertiary/aromatic N) is 1. The topological polar surface area (TPSA) is 54.5 Å². The molecule has 1 saturated heterocycles. The Balaban J connectivity index is 2.22. The standard InChI is InChI=1S/C12H10Cl2F3NO3S/c13-10-4-8(1-2-9(10)12(15,16)17)18-5-7(3-11(18)19)6-22(14,20)21/h1-2,4,7H,3,5-6H2. The highest BCUT2D eigenvalue weighted by Crippen LogP contribution is 2.37. The Morgan fingerprint density at radius 3 is 2.45 bits per heavy atom. The molecule has 0 saturated carbocycles. The van der Waals surface area contributed by atoms with Crippen LogP contribution in [0.3, 0.4) is 0 Å². The van der Waals surface area contributed by atoms with E-state index in [4.69, 9.17) is 22.3 Å². The summed E-state index contributed by atoms with van der Waals surface area (Å²) < 4.78 is 60.0. The van der Waals surface area contributed by atoms with E-state index in [1.165, 1.54) is 4.90 Å². The molecule has 0 aliphatic carbocycles. The molecular formula is C12H10Cl2F3NO3S. The molecule has 10 heteroatoms. The van der Waals surface area contributed by atoms with Gasteiger partial charge in [-0.05, 0) is 18.2 Å². The molecule has 1 atom stereocenters. The van der Waals surface area contributed by atoms with Crippen LogP contribution in [-0.2, 0) is 20.0 Å². The van der Waals surface area contributed by atoms with Crippen LogP contribution in [0.15, 0.2) is 18.2 Å². The molecule has 0 N–H and O–H groups in total. The van der Waals surface area contributed by atoms with E-state index < -0.39 is 31.7 Å². The molecule has 1 unspecified atom stereocenters. The van der Waals surface area contributed by atoms with E-state index in [0.717, 1.165) is 18.2 Å². The van der Waals surface area contributed by atoms with Gasteiger partial charge in [0, 0.05) is 35.3 Å². The first-order valence-electron chi connectivity index (χ1n) is 6.07. The first kappa shape index (κ1) is 17.4. The zero-order chi connectivity index (χ0) is 16.7. The fourth-order valence-electron chi connectivity index (χ4n) is 2.33. The van der Waals surface area contributed by atoms with Crippen LogP contribution in [0, 0.1) is 5.92 Å². The average Bonchev–Trinajstić information content (AvgIpc) is 2.65. The lowest BCUT2D eigenvalue weighted by Gasteiger charge is -2.18. The Kier molecular flexibility index (Phi) is 4.66. The molecule has 22 heavy (non-hydrogen) atoms. The van der Waals surface area contributed by atoms with E-state index in [9.17, 15) is 26.4 Å². The van der Waals surface area contributed by atoms with E-state index in [1.54, 1.807) is 0 Å². The summed E-state index contributed by atoms with van der Waals surface area (Å²) >= 11 is 5.61. The normalized spacial score (nSPS) is 19.8. The van der Waals surface area contributed by atoms with Crippen molar-refractivity contribution in [2.24, 2.45) is 5.92 Å². The summed E-state index contributed by atoms with van der Waals surface area (Å²) in [7, 11) is 1.39. The quantitative estimate of drug-likeness (QED) is 0.761. The van der Waals surface area contributed by atoms with Gasteiger partial charge in [0.1, 0.15) is 0 Å². The number of amides is 1. The minimum Gasteiger partial charge on any atom is -0.312 e. The van der Waals surface area contributed by atoms with E-state index in [0.29, 0.717) is 0 Å². The zero-order valence-electron chi connectivity index (χ0n) is 10.9. The molecule has 2 rings (SSSR count). The summed E-state index contributed by atoms with van der Waals surface area (Å²) in [6.45, 7) is 0.0620. The fraction of sp³-hybridized carbons (Fsp3) is 0.417. The second-order valence-corrected chi connectivity index (χ2v) is 8.17. The van der Waals surface area contributed by atoms with Crippen LogP contribution >= 0.6 is 22.3 Å². The monoisotopic (exact) mass is 375 g/mol. The molecule has 1 aromatic carbocycles. The van der Waals surface area contributed by atoms with Crippen LogP contribution in [0.4, 0.5) is 18.9 Å². The van der Waals surface area contributed by atoms with Gasteiger partial charge >= 0.3 is 6.18 Å². The van der Waals surface area contributed by atoms with Crippen molar-refractivity contribution in [2.45, 2.75) is 12.6 Å². The third-order valence-corrected chi connectivity index (χ3v) is 4.77. The molecule has 0 aromatic heterocycles. The van der Waals surface area contributed by atoms with E-state index in [1.807, 2.05) is 0 Å². The first-order chi connectivity index (χ1) is 9.97. The second-order valence-electron chi connectivity index (χ2n) is 4.94. The van der Waals surface area contributed by atoms with Gasteiger partial charge < -0.3 is 4.90 Å². The third kappa shape index (κ3) is 4.05. The number of hydrogen-bond donors (Lipinski definition) is 0. The molecule has 0 bridgehead atoms. The van der Waals surface area contributed by atoms with Crippen molar-refractivity contribution in [3.8, 4) is 0 Å². The number of carbonyl (C=O) groups is 1. The van der Waals surface area contributed by atoms with Gasteiger partial charge in [0.05, 0.1) is 16.3 Å². The highest BCUT2D eigenvalue weighted by molar-refractivity contribution is 8.13. The van der Waals surface area contributed by atoms with Crippen LogP contribution in [0.2, 0.25) is 5.02 Å². The molecule has 1 amide bonds. The number of anilines is 1. The average molecular weight is 376 g/mol. The maximum atomic E-state index is 12.6. The minimum absolute atomic E-state index is 0.0371. The van der Waals surface area contributed by atoms with Crippen LogP contribution in [-0.4, -0.2) is 26.6 Å². The van der Waals surface area contributed by atoms with E-state index in [-0.39, 0.29) is 30.3 Å². The summed E-state index contributed by atoms with van der Waals surface area (Å²) in [6, 6.07) is 2.96. The van der Waals surface area contributed by atoms with Crippen molar-refractivity contribution < 1.29 is 26.4 Å². The summed E-state index contributed by atoms with van der Waals surface area (Å²) in [5.74, 6) is -1.26. The van der Waals surface area contributed by atoms with Crippen molar-refractivity contribution in [3.05, 3.63) is 28.8 Å². The van der Waals surface area contributed by atoms with Gasteiger partial charge in [-0.2, -0.15) is 13.2 Å². The Morgan fingerprint density at radius 1 is 1.32 bits per heavy atom.